The summed E-state index contributed by atoms with van der Waals surface area (Å²) >= 11 is 4.95. The van der Waals surface area contributed by atoms with E-state index in [1.54, 1.807) is 4.90 Å². The maximum atomic E-state index is 11.9. The van der Waals surface area contributed by atoms with Gasteiger partial charge in [0.25, 0.3) is 0 Å². The summed E-state index contributed by atoms with van der Waals surface area (Å²) in [6.45, 7) is 10.0. The number of hydrogen-bond acceptors (Lipinski definition) is 3. The van der Waals surface area contributed by atoms with E-state index in [2.05, 4.69) is 4.90 Å². The Morgan fingerprint density at radius 2 is 1.88 bits per heavy atom. The van der Waals surface area contributed by atoms with E-state index in [1.807, 2.05) is 34.7 Å². The predicted octanol–water partition coefficient (Wildman–Crippen LogP) is 1.10. The Kier molecular flexibility index (Phi) is 7.30. The standard InChI is InChI=1S/C12H25N3OS/c1-6-15(7-10(4)12(13)17)8-11(16)14(5)9(2)3/h9-10H,6-8H2,1-5H3,(H2,13,17). The van der Waals surface area contributed by atoms with Gasteiger partial charge in [0, 0.05) is 25.6 Å². The van der Waals surface area contributed by atoms with Gasteiger partial charge in [-0.25, -0.2) is 0 Å². The van der Waals surface area contributed by atoms with Crippen LogP contribution < -0.4 is 5.73 Å². The lowest BCUT2D eigenvalue weighted by molar-refractivity contribution is -0.132. The van der Waals surface area contributed by atoms with E-state index in [9.17, 15) is 4.79 Å². The molecule has 0 aromatic heterocycles. The third-order valence-corrected chi connectivity index (χ3v) is 3.39. The second-order valence-corrected chi connectivity index (χ2v) is 5.20. The van der Waals surface area contributed by atoms with Crippen molar-refractivity contribution >= 4 is 23.1 Å². The minimum Gasteiger partial charge on any atom is -0.393 e. The molecule has 0 heterocycles. The summed E-state index contributed by atoms with van der Waals surface area (Å²) < 4.78 is 0. The maximum absolute atomic E-state index is 11.9. The third kappa shape index (κ3) is 5.98. The lowest BCUT2D eigenvalue weighted by Gasteiger charge is -2.27. The first-order valence-electron chi connectivity index (χ1n) is 6.06. The van der Waals surface area contributed by atoms with E-state index >= 15 is 0 Å². The Morgan fingerprint density at radius 1 is 1.35 bits per heavy atom. The highest BCUT2D eigenvalue weighted by Crippen LogP contribution is 2.02. The van der Waals surface area contributed by atoms with Crippen molar-refractivity contribution < 1.29 is 4.79 Å². The van der Waals surface area contributed by atoms with Gasteiger partial charge in [-0.05, 0) is 20.4 Å². The van der Waals surface area contributed by atoms with E-state index < -0.39 is 0 Å². The van der Waals surface area contributed by atoms with Crippen LogP contribution in [-0.4, -0.2) is 53.4 Å². The molecule has 1 unspecified atom stereocenters. The second-order valence-electron chi connectivity index (χ2n) is 4.73. The first-order chi connectivity index (χ1) is 7.79. The number of hydrogen-bond donors (Lipinski definition) is 1. The molecule has 0 aromatic rings. The summed E-state index contributed by atoms with van der Waals surface area (Å²) in [5.74, 6) is 0.277. The van der Waals surface area contributed by atoms with Crippen molar-refractivity contribution in [2.45, 2.75) is 33.7 Å². The van der Waals surface area contributed by atoms with Crippen LogP contribution in [0.5, 0.6) is 0 Å². The summed E-state index contributed by atoms with van der Waals surface area (Å²) in [5, 5.41) is 0. The first kappa shape index (κ1) is 16.3. The average Bonchev–Trinajstić information content (AvgIpc) is 2.26. The Hall–Kier alpha value is -0.680. The van der Waals surface area contributed by atoms with Crippen molar-refractivity contribution in [3.8, 4) is 0 Å². The van der Waals surface area contributed by atoms with Crippen molar-refractivity contribution in [1.82, 2.24) is 9.80 Å². The Bertz CT molecular complexity index is 268. The Labute approximate surface area is 110 Å². The summed E-state index contributed by atoms with van der Waals surface area (Å²) in [7, 11) is 1.83. The van der Waals surface area contributed by atoms with Gasteiger partial charge in [0.15, 0.2) is 0 Å². The minimum atomic E-state index is 0.136. The summed E-state index contributed by atoms with van der Waals surface area (Å²) in [5.41, 5.74) is 5.59. The molecule has 0 aliphatic rings. The van der Waals surface area contributed by atoms with Crippen molar-refractivity contribution in [2.24, 2.45) is 11.7 Å². The van der Waals surface area contributed by atoms with Gasteiger partial charge in [0.05, 0.1) is 11.5 Å². The molecule has 0 spiro atoms. The van der Waals surface area contributed by atoms with Crippen LogP contribution >= 0.6 is 12.2 Å². The highest BCUT2D eigenvalue weighted by Gasteiger charge is 2.17. The predicted molar refractivity (Wildman–Crippen MR) is 76.0 cm³/mol. The largest absolute Gasteiger partial charge is 0.393 e. The topological polar surface area (TPSA) is 49.6 Å². The van der Waals surface area contributed by atoms with Crippen LogP contribution in [-0.2, 0) is 4.79 Å². The summed E-state index contributed by atoms with van der Waals surface area (Å²) in [4.78, 5) is 16.3. The zero-order chi connectivity index (χ0) is 13.6. The fraction of sp³-hybridized carbons (Fsp3) is 0.833. The maximum Gasteiger partial charge on any atom is 0.236 e. The molecule has 0 fully saturated rings. The van der Waals surface area contributed by atoms with Gasteiger partial charge in [0.2, 0.25) is 5.91 Å². The summed E-state index contributed by atoms with van der Waals surface area (Å²) in [6, 6.07) is 0.231. The van der Waals surface area contributed by atoms with Crippen molar-refractivity contribution in [2.75, 3.05) is 26.7 Å². The molecular weight excluding hydrogens is 234 g/mol. The molecule has 5 heteroatoms. The number of carbonyl (C=O) groups excluding carboxylic acids is 1. The fourth-order valence-electron chi connectivity index (χ4n) is 1.37. The molecule has 2 N–H and O–H groups in total. The normalized spacial score (nSPS) is 12.9. The summed E-state index contributed by atoms with van der Waals surface area (Å²) in [6.07, 6.45) is 0. The van der Waals surface area contributed by atoms with Gasteiger partial charge >= 0.3 is 0 Å². The zero-order valence-electron chi connectivity index (χ0n) is 11.6. The van der Waals surface area contributed by atoms with E-state index in [1.165, 1.54) is 0 Å². The molecule has 0 aliphatic carbocycles. The number of nitrogens with zero attached hydrogens (tertiary/aromatic N) is 2. The van der Waals surface area contributed by atoms with Crippen LogP contribution in [0.2, 0.25) is 0 Å². The fourth-order valence-corrected chi connectivity index (χ4v) is 1.45. The van der Waals surface area contributed by atoms with Crippen molar-refractivity contribution in [1.29, 1.82) is 0 Å². The molecule has 17 heavy (non-hydrogen) atoms. The van der Waals surface area contributed by atoms with Gasteiger partial charge < -0.3 is 10.6 Å². The van der Waals surface area contributed by atoms with Gasteiger partial charge in [-0.15, -0.1) is 0 Å². The van der Waals surface area contributed by atoms with Crippen molar-refractivity contribution in [3.05, 3.63) is 0 Å². The smallest absolute Gasteiger partial charge is 0.236 e. The van der Waals surface area contributed by atoms with Crippen LogP contribution in [0, 0.1) is 5.92 Å². The van der Waals surface area contributed by atoms with E-state index in [-0.39, 0.29) is 17.9 Å². The molecule has 0 radical (unpaired) electrons. The average molecular weight is 259 g/mol. The van der Waals surface area contributed by atoms with Crippen LogP contribution in [0.25, 0.3) is 0 Å². The van der Waals surface area contributed by atoms with E-state index in [0.717, 1.165) is 13.1 Å². The number of thiocarbonyl (C=S) groups is 1. The lowest BCUT2D eigenvalue weighted by atomic mass is 10.1. The lowest BCUT2D eigenvalue weighted by Crippen LogP contribution is -2.43. The highest BCUT2D eigenvalue weighted by atomic mass is 32.1. The number of carbonyl (C=O) groups is 1. The first-order valence-corrected chi connectivity index (χ1v) is 6.47. The highest BCUT2D eigenvalue weighted by molar-refractivity contribution is 7.80. The molecule has 1 amide bonds. The second kappa shape index (κ2) is 7.61. The van der Waals surface area contributed by atoms with Gasteiger partial charge in [0.1, 0.15) is 0 Å². The van der Waals surface area contributed by atoms with E-state index in [4.69, 9.17) is 18.0 Å². The molecule has 4 nitrogen and oxygen atoms in total. The number of likely N-dealkylation sites (N-methyl/N-ethyl adjacent to an activating group) is 2. The van der Waals surface area contributed by atoms with Crippen molar-refractivity contribution in [3.63, 3.8) is 0 Å². The van der Waals surface area contributed by atoms with Gasteiger partial charge in [-0.3, -0.25) is 9.69 Å². The molecule has 0 bridgehead atoms. The molecule has 1 atom stereocenters. The number of nitrogens with two attached hydrogens (primary N) is 1. The molecule has 0 saturated carbocycles. The minimum absolute atomic E-state index is 0.136. The molecule has 0 saturated heterocycles. The molecule has 100 valence electrons. The Balaban J connectivity index is 4.31. The van der Waals surface area contributed by atoms with Crippen LogP contribution in [0.4, 0.5) is 0 Å². The molecule has 0 aromatic carbocycles. The molecular formula is C12H25N3OS. The van der Waals surface area contributed by atoms with Gasteiger partial charge in [-0.2, -0.15) is 0 Å². The van der Waals surface area contributed by atoms with Gasteiger partial charge in [-0.1, -0.05) is 26.1 Å². The molecule has 0 rings (SSSR count). The van der Waals surface area contributed by atoms with Crippen LogP contribution in [0.1, 0.15) is 27.7 Å². The third-order valence-electron chi connectivity index (χ3n) is 2.99. The molecule has 0 aliphatic heterocycles. The van der Waals surface area contributed by atoms with Crippen LogP contribution in [0.3, 0.4) is 0 Å². The number of rotatable bonds is 7. The monoisotopic (exact) mass is 259 g/mol. The van der Waals surface area contributed by atoms with E-state index in [0.29, 0.717) is 11.5 Å². The van der Waals surface area contributed by atoms with Crippen LogP contribution in [0.15, 0.2) is 0 Å². The Morgan fingerprint density at radius 3 is 2.24 bits per heavy atom. The number of amides is 1. The zero-order valence-corrected chi connectivity index (χ0v) is 12.4. The SMILES string of the molecule is CCN(CC(=O)N(C)C(C)C)CC(C)C(N)=S. The quantitative estimate of drug-likeness (QED) is 0.696.